The molecule has 0 N–H and O–H groups in total. The summed E-state index contributed by atoms with van der Waals surface area (Å²) in [5, 5.41) is 11.7. The van der Waals surface area contributed by atoms with Gasteiger partial charge in [-0.3, -0.25) is 9.59 Å². The third-order valence-corrected chi connectivity index (χ3v) is 10.8. The van der Waals surface area contributed by atoms with Crippen LogP contribution in [0.5, 0.6) is 0 Å². The van der Waals surface area contributed by atoms with Crippen molar-refractivity contribution in [3.8, 4) is 0 Å². The Bertz CT molecular complexity index is 1240. The maximum atomic E-state index is 12.8. The van der Waals surface area contributed by atoms with Gasteiger partial charge in [-0.1, -0.05) is 170 Å². The molecule has 0 spiro atoms. The monoisotopic (exact) mass is 868 g/mol. The quantitative estimate of drug-likeness (QED) is 0.0260. The van der Waals surface area contributed by atoms with Crippen LogP contribution in [0, 0.1) is 0 Å². The molecule has 0 aliphatic carbocycles. The second kappa shape index (κ2) is 44.4. The molecule has 0 amide bonds. The highest BCUT2D eigenvalue weighted by Gasteiger charge is 2.25. The third kappa shape index (κ3) is 42.1. The highest BCUT2D eigenvalue weighted by Crippen LogP contribution is 2.14. The Morgan fingerprint density at radius 1 is 0.500 bits per heavy atom. The van der Waals surface area contributed by atoms with Gasteiger partial charge in [0.2, 0.25) is 0 Å². The van der Waals surface area contributed by atoms with E-state index in [2.05, 4.69) is 86.8 Å². The number of likely N-dealkylation sites (N-methyl/N-ethyl adjacent to an activating group) is 1. The largest absolute Gasteiger partial charge is 0.544 e. The molecule has 0 rings (SSSR count). The summed E-state index contributed by atoms with van der Waals surface area (Å²) in [7, 11) is 5.40. The van der Waals surface area contributed by atoms with Gasteiger partial charge < -0.3 is 28.6 Å². The van der Waals surface area contributed by atoms with Gasteiger partial charge >= 0.3 is 11.9 Å². The minimum absolute atomic E-state index is 0.0305. The number of ether oxygens (including phenoxy) is 3. The van der Waals surface area contributed by atoms with E-state index in [1.165, 1.54) is 83.5 Å². The molecule has 2 unspecified atom stereocenters. The van der Waals surface area contributed by atoms with Crippen molar-refractivity contribution < 1.29 is 38.2 Å². The van der Waals surface area contributed by atoms with Crippen molar-refractivity contribution in [1.29, 1.82) is 0 Å². The number of allylic oxidation sites excluding steroid dienone is 12. The Morgan fingerprint density at radius 3 is 1.34 bits per heavy atom. The maximum absolute atomic E-state index is 12.8. The first-order valence-electron chi connectivity index (χ1n) is 25.0. The number of carbonyl (C=O) groups excluding carboxylic acids is 3. The van der Waals surface area contributed by atoms with Crippen molar-refractivity contribution in [1.82, 2.24) is 0 Å². The lowest BCUT2D eigenvalue weighted by molar-refractivity contribution is -0.889. The van der Waals surface area contributed by atoms with E-state index in [4.69, 9.17) is 14.2 Å². The van der Waals surface area contributed by atoms with Crippen LogP contribution in [0.1, 0.15) is 200 Å². The van der Waals surface area contributed by atoms with Gasteiger partial charge in [0.05, 0.1) is 40.3 Å². The number of unbranched alkanes of at least 4 members (excludes halogenated alkanes) is 18. The molecule has 0 radical (unpaired) electrons. The van der Waals surface area contributed by atoms with Crippen LogP contribution in [-0.2, 0) is 28.6 Å². The van der Waals surface area contributed by atoms with Crippen molar-refractivity contribution >= 4 is 17.9 Å². The third-order valence-electron chi connectivity index (χ3n) is 10.8. The molecule has 0 bridgehead atoms. The standard InChI is InChI=1S/C54H93NO7/c1-6-8-10-12-14-16-18-20-22-24-26-28-30-32-34-36-38-40-42-44-52(56)61-49-50(48-60-47-46-51(54(58)59)55(3,4)5)62-53(57)45-43-41-39-37-35-33-31-29-27-25-23-21-19-17-15-13-11-9-7-2/h9,11,14-17,20-23,27,29,50-51H,6-8,10,12-13,18-19,24-26,28,30-49H2,1-5H3/b11-9-,16-14-,17-15-,22-20-,23-21-,29-27-. The number of nitrogens with zero attached hydrogens (tertiary/aromatic N) is 1. The van der Waals surface area contributed by atoms with Crippen LogP contribution < -0.4 is 5.11 Å². The van der Waals surface area contributed by atoms with Crippen molar-refractivity contribution in [3.05, 3.63) is 72.9 Å². The lowest BCUT2D eigenvalue weighted by Gasteiger charge is -2.34. The number of hydrogen-bond acceptors (Lipinski definition) is 7. The van der Waals surface area contributed by atoms with Crippen LogP contribution >= 0.6 is 0 Å². The molecule has 0 aliphatic heterocycles. The highest BCUT2D eigenvalue weighted by atomic mass is 16.6. The molecular weight excluding hydrogens is 775 g/mol. The smallest absolute Gasteiger partial charge is 0.306 e. The van der Waals surface area contributed by atoms with E-state index >= 15 is 0 Å². The Balaban J connectivity index is 4.31. The molecular formula is C54H93NO7. The number of carboxylic acid groups (broad SMARTS) is 1. The molecule has 0 aromatic heterocycles. The van der Waals surface area contributed by atoms with E-state index in [1.54, 1.807) is 21.1 Å². The summed E-state index contributed by atoms with van der Waals surface area (Å²) >= 11 is 0. The van der Waals surface area contributed by atoms with Crippen LogP contribution in [0.4, 0.5) is 0 Å². The van der Waals surface area contributed by atoms with Gasteiger partial charge in [0, 0.05) is 19.3 Å². The van der Waals surface area contributed by atoms with Crippen LogP contribution in [-0.4, -0.2) is 75.5 Å². The van der Waals surface area contributed by atoms with E-state index in [9.17, 15) is 19.5 Å². The summed E-state index contributed by atoms with van der Waals surface area (Å²) in [6, 6.07) is -0.733. The minimum Gasteiger partial charge on any atom is -0.544 e. The molecule has 62 heavy (non-hydrogen) atoms. The Hall–Kier alpha value is -3.23. The SMILES string of the molecule is CC/C=C\C/C=C\C/C=C\C/C=C\CCCCCCCCC(=O)OC(COCCC(C(=O)[O-])[N+](C)(C)C)COC(=O)CCCCCCCCCCC/C=C\C/C=C\CCCCC. The lowest BCUT2D eigenvalue weighted by atomic mass is 10.1. The van der Waals surface area contributed by atoms with Crippen LogP contribution in [0.3, 0.4) is 0 Å². The molecule has 0 aromatic rings. The average Bonchev–Trinajstić information content (AvgIpc) is 3.23. The van der Waals surface area contributed by atoms with E-state index in [1.807, 2.05) is 0 Å². The minimum atomic E-state index is -1.13. The lowest BCUT2D eigenvalue weighted by Crippen LogP contribution is -2.55. The Labute approximate surface area is 381 Å². The Morgan fingerprint density at radius 2 is 0.903 bits per heavy atom. The van der Waals surface area contributed by atoms with Gasteiger partial charge in [-0.15, -0.1) is 0 Å². The number of esters is 2. The first-order chi connectivity index (χ1) is 30.1. The zero-order valence-corrected chi connectivity index (χ0v) is 40.5. The highest BCUT2D eigenvalue weighted by molar-refractivity contribution is 5.70. The van der Waals surface area contributed by atoms with Gasteiger partial charge in [0.15, 0.2) is 6.10 Å². The molecule has 0 fully saturated rings. The molecule has 0 heterocycles. The number of carbonyl (C=O) groups is 3. The first-order valence-corrected chi connectivity index (χ1v) is 25.0. The maximum Gasteiger partial charge on any atom is 0.306 e. The second-order valence-corrected chi connectivity index (χ2v) is 17.7. The molecule has 0 saturated carbocycles. The fourth-order valence-electron chi connectivity index (χ4n) is 6.97. The van der Waals surface area contributed by atoms with Crippen molar-refractivity contribution in [3.63, 3.8) is 0 Å². The fraction of sp³-hybridized carbons (Fsp3) is 0.722. The molecule has 8 nitrogen and oxygen atoms in total. The van der Waals surface area contributed by atoms with Gasteiger partial charge in [-0.05, 0) is 83.5 Å². The Kier molecular flexibility index (Phi) is 42.1. The van der Waals surface area contributed by atoms with E-state index < -0.39 is 18.1 Å². The molecule has 0 aliphatic rings. The fourth-order valence-corrected chi connectivity index (χ4v) is 6.97. The molecule has 8 heteroatoms. The summed E-state index contributed by atoms with van der Waals surface area (Å²) in [5.74, 6) is -1.76. The zero-order valence-electron chi connectivity index (χ0n) is 40.5. The van der Waals surface area contributed by atoms with Crippen LogP contribution in [0.2, 0.25) is 0 Å². The number of carboxylic acids is 1. The van der Waals surface area contributed by atoms with E-state index in [0.717, 1.165) is 83.5 Å². The zero-order chi connectivity index (χ0) is 45.6. The summed E-state index contributed by atoms with van der Waals surface area (Å²) in [4.78, 5) is 37.0. The normalized spacial score (nSPS) is 13.5. The first kappa shape index (κ1) is 58.8. The molecule has 2 atom stereocenters. The number of quaternary nitrogens is 1. The van der Waals surface area contributed by atoms with Crippen molar-refractivity contribution in [2.24, 2.45) is 0 Å². The van der Waals surface area contributed by atoms with Crippen LogP contribution in [0.25, 0.3) is 0 Å². The van der Waals surface area contributed by atoms with Crippen molar-refractivity contribution in [2.75, 3.05) is 41.0 Å². The topological polar surface area (TPSA) is 102 Å². The van der Waals surface area contributed by atoms with Gasteiger partial charge in [0.1, 0.15) is 12.6 Å². The summed E-state index contributed by atoms with van der Waals surface area (Å²) in [5.41, 5.74) is 0. The molecule has 356 valence electrons. The summed E-state index contributed by atoms with van der Waals surface area (Å²) in [6.45, 7) is 4.51. The number of aliphatic carboxylic acids is 1. The summed E-state index contributed by atoms with van der Waals surface area (Å²) < 4.78 is 17.2. The molecule has 0 aromatic carbocycles. The van der Waals surface area contributed by atoms with Gasteiger partial charge in [-0.25, -0.2) is 0 Å². The van der Waals surface area contributed by atoms with Gasteiger partial charge in [-0.2, -0.15) is 0 Å². The van der Waals surface area contributed by atoms with Crippen LogP contribution in [0.15, 0.2) is 72.9 Å². The van der Waals surface area contributed by atoms with E-state index in [-0.39, 0.29) is 42.7 Å². The summed E-state index contributed by atoms with van der Waals surface area (Å²) in [6.07, 6.45) is 56.4. The predicted molar refractivity (Wildman–Crippen MR) is 259 cm³/mol. The average molecular weight is 868 g/mol. The van der Waals surface area contributed by atoms with Crippen molar-refractivity contribution in [2.45, 2.75) is 212 Å². The molecule has 0 saturated heterocycles. The second-order valence-electron chi connectivity index (χ2n) is 17.7. The van der Waals surface area contributed by atoms with E-state index in [0.29, 0.717) is 12.8 Å². The number of rotatable bonds is 44. The predicted octanol–water partition coefficient (Wildman–Crippen LogP) is 13.0. The number of hydrogen-bond donors (Lipinski definition) is 0. The van der Waals surface area contributed by atoms with Gasteiger partial charge in [0.25, 0.3) is 0 Å².